The standard InChI is InChI=1S/C7H6O4.CH4O/c8-4-1-2-6(9)5(3-4)7(10)11;1-2/h1-3,8-9H,(H,10,11);2H,1H3. The van der Waals surface area contributed by atoms with Crippen LogP contribution in [0.3, 0.4) is 0 Å². The van der Waals surface area contributed by atoms with Crippen LogP contribution >= 0.6 is 0 Å². The molecule has 5 heteroatoms. The number of carbonyl (C=O) groups is 1. The Hall–Kier alpha value is -1.75. The first-order valence-electron chi connectivity index (χ1n) is 3.31. The highest BCUT2D eigenvalue weighted by atomic mass is 16.4. The maximum absolute atomic E-state index is 10.3. The van der Waals surface area contributed by atoms with E-state index in [9.17, 15) is 4.79 Å². The lowest BCUT2D eigenvalue weighted by molar-refractivity contribution is 0.0693. The number of aromatic carboxylic acids is 1. The highest BCUT2D eigenvalue weighted by Gasteiger charge is 2.08. The van der Waals surface area contributed by atoms with Gasteiger partial charge in [-0.3, -0.25) is 0 Å². The average molecular weight is 186 g/mol. The molecule has 0 aliphatic rings. The summed E-state index contributed by atoms with van der Waals surface area (Å²) in [6, 6.07) is 3.32. The Morgan fingerprint density at radius 1 is 1.23 bits per heavy atom. The van der Waals surface area contributed by atoms with E-state index < -0.39 is 5.97 Å². The molecule has 13 heavy (non-hydrogen) atoms. The number of carboxylic acid groups (broad SMARTS) is 1. The summed E-state index contributed by atoms with van der Waals surface area (Å²) in [6.07, 6.45) is 0. The molecule has 0 amide bonds. The van der Waals surface area contributed by atoms with E-state index in [1.807, 2.05) is 0 Å². The smallest absolute Gasteiger partial charge is 0.339 e. The largest absolute Gasteiger partial charge is 0.508 e. The second-order valence-electron chi connectivity index (χ2n) is 2.01. The molecule has 0 aromatic heterocycles. The summed E-state index contributed by atoms with van der Waals surface area (Å²) < 4.78 is 0. The van der Waals surface area contributed by atoms with E-state index in [1.165, 1.54) is 6.07 Å². The SMILES string of the molecule is CO.O=C(O)c1cc(O)ccc1O. The van der Waals surface area contributed by atoms with Crippen LogP contribution in [0.25, 0.3) is 0 Å². The highest BCUT2D eigenvalue weighted by Crippen LogP contribution is 2.21. The number of carboxylic acids is 1. The molecule has 1 aromatic rings. The zero-order valence-corrected chi connectivity index (χ0v) is 6.93. The normalized spacial score (nSPS) is 8.46. The van der Waals surface area contributed by atoms with Crippen LogP contribution in [-0.4, -0.2) is 33.5 Å². The summed E-state index contributed by atoms with van der Waals surface area (Å²) in [7, 11) is 1.00. The van der Waals surface area contributed by atoms with E-state index in [1.54, 1.807) is 0 Å². The molecule has 0 radical (unpaired) electrons. The van der Waals surface area contributed by atoms with Gasteiger partial charge in [0.25, 0.3) is 0 Å². The van der Waals surface area contributed by atoms with Crippen LogP contribution in [-0.2, 0) is 0 Å². The van der Waals surface area contributed by atoms with Crippen LogP contribution in [0, 0.1) is 0 Å². The van der Waals surface area contributed by atoms with Crippen molar-refractivity contribution in [3.8, 4) is 11.5 Å². The maximum atomic E-state index is 10.3. The average Bonchev–Trinajstić information content (AvgIpc) is 2.12. The quantitative estimate of drug-likeness (QED) is 0.476. The number of aromatic hydroxyl groups is 2. The van der Waals surface area contributed by atoms with Gasteiger partial charge in [0.1, 0.15) is 17.1 Å². The first kappa shape index (κ1) is 11.2. The van der Waals surface area contributed by atoms with E-state index in [-0.39, 0.29) is 17.1 Å². The third-order valence-corrected chi connectivity index (χ3v) is 1.21. The van der Waals surface area contributed by atoms with Crippen LogP contribution < -0.4 is 0 Å². The molecule has 4 N–H and O–H groups in total. The minimum Gasteiger partial charge on any atom is -0.508 e. The molecular weight excluding hydrogens is 176 g/mol. The predicted molar refractivity (Wildman–Crippen MR) is 44.9 cm³/mol. The second kappa shape index (κ2) is 5.00. The van der Waals surface area contributed by atoms with Crippen molar-refractivity contribution in [3.05, 3.63) is 23.8 Å². The lowest BCUT2D eigenvalue weighted by atomic mass is 10.2. The van der Waals surface area contributed by atoms with Crippen LogP contribution in [0.5, 0.6) is 11.5 Å². The van der Waals surface area contributed by atoms with Crippen LogP contribution in [0.15, 0.2) is 18.2 Å². The Kier molecular flexibility index (Phi) is 4.32. The monoisotopic (exact) mass is 186 g/mol. The Labute approximate surface area is 74.5 Å². The van der Waals surface area contributed by atoms with Crippen molar-refractivity contribution in [1.82, 2.24) is 0 Å². The number of hydrogen-bond donors (Lipinski definition) is 4. The van der Waals surface area contributed by atoms with Crippen LogP contribution in [0.4, 0.5) is 0 Å². The van der Waals surface area contributed by atoms with Gasteiger partial charge in [0.15, 0.2) is 0 Å². The van der Waals surface area contributed by atoms with Gasteiger partial charge in [0.05, 0.1) is 0 Å². The first-order valence-corrected chi connectivity index (χ1v) is 3.31. The lowest BCUT2D eigenvalue weighted by Gasteiger charge is -1.98. The number of aliphatic hydroxyl groups is 1. The van der Waals surface area contributed by atoms with E-state index in [0.29, 0.717) is 0 Å². The molecule has 0 heterocycles. The Bertz CT molecular complexity index is 295. The highest BCUT2D eigenvalue weighted by molar-refractivity contribution is 5.91. The fraction of sp³-hybridized carbons (Fsp3) is 0.125. The predicted octanol–water partition coefficient (Wildman–Crippen LogP) is 0.404. The van der Waals surface area contributed by atoms with Crippen molar-refractivity contribution in [3.63, 3.8) is 0 Å². The number of phenols is 2. The molecule has 0 bridgehead atoms. The lowest BCUT2D eigenvalue weighted by Crippen LogP contribution is -1.95. The Morgan fingerprint density at radius 2 is 1.77 bits per heavy atom. The van der Waals surface area contributed by atoms with Gasteiger partial charge in [-0.1, -0.05) is 0 Å². The van der Waals surface area contributed by atoms with Gasteiger partial charge in [-0.25, -0.2) is 4.79 Å². The van der Waals surface area contributed by atoms with Crippen molar-refractivity contribution in [2.24, 2.45) is 0 Å². The molecule has 0 saturated carbocycles. The maximum Gasteiger partial charge on any atom is 0.339 e. The van der Waals surface area contributed by atoms with Crippen LogP contribution in [0.2, 0.25) is 0 Å². The van der Waals surface area contributed by atoms with Crippen molar-refractivity contribution in [2.45, 2.75) is 0 Å². The van der Waals surface area contributed by atoms with Gasteiger partial charge < -0.3 is 20.4 Å². The Balaban J connectivity index is 0.000000671. The first-order chi connectivity index (χ1) is 6.11. The van der Waals surface area contributed by atoms with E-state index in [0.717, 1.165) is 19.2 Å². The molecule has 0 saturated heterocycles. The van der Waals surface area contributed by atoms with Gasteiger partial charge in [-0.05, 0) is 18.2 Å². The molecule has 1 aromatic carbocycles. The minimum atomic E-state index is -1.27. The Morgan fingerprint density at radius 3 is 2.15 bits per heavy atom. The molecule has 0 aliphatic carbocycles. The van der Waals surface area contributed by atoms with Gasteiger partial charge >= 0.3 is 5.97 Å². The molecular formula is C8H10O5. The van der Waals surface area contributed by atoms with E-state index in [2.05, 4.69) is 0 Å². The van der Waals surface area contributed by atoms with Crippen molar-refractivity contribution >= 4 is 5.97 Å². The topological polar surface area (TPSA) is 98.0 Å². The number of aliphatic hydroxyl groups excluding tert-OH is 1. The second-order valence-corrected chi connectivity index (χ2v) is 2.01. The fourth-order valence-corrected chi connectivity index (χ4v) is 0.695. The van der Waals surface area contributed by atoms with Gasteiger partial charge in [0.2, 0.25) is 0 Å². The fourth-order valence-electron chi connectivity index (χ4n) is 0.695. The van der Waals surface area contributed by atoms with Crippen molar-refractivity contribution in [1.29, 1.82) is 0 Å². The molecule has 0 unspecified atom stereocenters. The summed E-state index contributed by atoms with van der Waals surface area (Å²) in [4.78, 5) is 10.3. The summed E-state index contributed by atoms with van der Waals surface area (Å²) in [5.74, 6) is -1.80. The van der Waals surface area contributed by atoms with Gasteiger partial charge in [-0.2, -0.15) is 0 Å². The van der Waals surface area contributed by atoms with E-state index >= 15 is 0 Å². The van der Waals surface area contributed by atoms with Crippen LogP contribution in [0.1, 0.15) is 10.4 Å². The zero-order chi connectivity index (χ0) is 10.4. The van der Waals surface area contributed by atoms with E-state index in [4.69, 9.17) is 20.4 Å². The number of hydrogen-bond acceptors (Lipinski definition) is 4. The van der Waals surface area contributed by atoms with Crippen molar-refractivity contribution in [2.75, 3.05) is 7.11 Å². The van der Waals surface area contributed by atoms with Gasteiger partial charge in [-0.15, -0.1) is 0 Å². The molecule has 0 spiro atoms. The van der Waals surface area contributed by atoms with Crippen molar-refractivity contribution < 1.29 is 25.2 Å². The molecule has 0 atom stereocenters. The number of rotatable bonds is 1. The third-order valence-electron chi connectivity index (χ3n) is 1.21. The molecule has 1 rings (SSSR count). The summed E-state index contributed by atoms with van der Waals surface area (Å²) >= 11 is 0. The molecule has 5 nitrogen and oxygen atoms in total. The molecule has 0 fully saturated rings. The third kappa shape index (κ3) is 3.00. The summed E-state index contributed by atoms with van der Waals surface area (Å²) in [5, 5.41) is 33.1. The summed E-state index contributed by atoms with van der Waals surface area (Å²) in [6.45, 7) is 0. The van der Waals surface area contributed by atoms with Gasteiger partial charge in [0, 0.05) is 7.11 Å². The molecule has 0 aliphatic heterocycles. The zero-order valence-electron chi connectivity index (χ0n) is 6.93. The number of benzene rings is 1. The number of phenolic OH excluding ortho intramolecular Hbond substituents is 1. The summed E-state index contributed by atoms with van der Waals surface area (Å²) in [5.41, 5.74) is -0.301. The molecule has 72 valence electrons. The minimum absolute atomic E-state index is 0.180.